The molecule has 4 heteroatoms. The van der Waals surface area contributed by atoms with Crippen molar-refractivity contribution >= 4 is 0 Å². The molecule has 0 saturated heterocycles. The van der Waals surface area contributed by atoms with E-state index in [-0.39, 0.29) is 5.54 Å². The Balaban J connectivity index is 1.55. The minimum atomic E-state index is 0.254. The van der Waals surface area contributed by atoms with E-state index in [0.29, 0.717) is 0 Å². The molecule has 1 aliphatic heterocycles. The van der Waals surface area contributed by atoms with E-state index in [2.05, 4.69) is 46.7 Å². The lowest BCUT2D eigenvalue weighted by Crippen LogP contribution is -2.36. The average molecular weight is 264 g/mol. The average Bonchev–Trinajstić information content (AvgIpc) is 2.79. The second-order valence-corrected chi connectivity index (χ2v) is 6.55. The molecule has 0 aromatic carbocycles. The van der Waals surface area contributed by atoms with Crippen molar-refractivity contribution < 1.29 is 0 Å². The van der Waals surface area contributed by atoms with E-state index in [4.69, 9.17) is 0 Å². The van der Waals surface area contributed by atoms with Gasteiger partial charge in [0.25, 0.3) is 0 Å². The van der Waals surface area contributed by atoms with E-state index in [0.717, 1.165) is 19.6 Å². The molecule has 1 N–H and O–H groups in total. The zero-order valence-electron chi connectivity index (χ0n) is 12.7. The highest BCUT2D eigenvalue weighted by atomic mass is 15.2. The lowest BCUT2D eigenvalue weighted by atomic mass is 10.1. The quantitative estimate of drug-likeness (QED) is 0.800. The van der Waals surface area contributed by atoms with Crippen LogP contribution in [0.2, 0.25) is 0 Å². The largest absolute Gasteiger partial charge is 0.333 e. The fourth-order valence-corrected chi connectivity index (χ4v) is 2.51. The Hall–Kier alpha value is -0.870. The first kappa shape index (κ1) is 14.5. The van der Waals surface area contributed by atoms with Gasteiger partial charge in [-0.05, 0) is 46.7 Å². The molecule has 4 nitrogen and oxygen atoms in total. The van der Waals surface area contributed by atoms with E-state index in [9.17, 15) is 0 Å². The SMILES string of the molecule is CC(C)(C)NCCCCCN1CCn2ccnc2C1. The molecule has 0 unspecified atom stereocenters. The van der Waals surface area contributed by atoms with Crippen LogP contribution in [0.15, 0.2) is 12.4 Å². The third-order valence-corrected chi connectivity index (χ3v) is 3.63. The Kier molecular flexibility index (Phi) is 4.99. The van der Waals surface area contributed by atoms with Gasteiger partial charge in [-0.1, -0.05) is 6.42 Å². The Labute approximate surface area is 117 Å². The third kappa shape index (κ3) is 4.96. The summed E-state index contributed by atoms with van der Waals surface area (Å²) >= 11 is 0. The van der Waals surface area contributed by atoms with Crippen molar-refractivity contribution in [1.82, 2.24) is 19.8 Å². The van der Waals surface area contributed by atoms with Gasteiger partial charge in [-0.3, -0.25) is 4.90 Å². The summed E-state index contributed by atoms with van der Waals surface area (Å²) in [5.41, 5.74) is 0.254. The van der Waals surface area contributed by atoms with Gasteiger partial charge in [0.2, 0.25) is 0 Å². The number of imidazole rings is 1. The van der Waals surface area contributed by atoms with Gasteiger partial charge >= 0.3 is 0 Å². The molecule has 0 spiro atoms. The highest BCUT2D eigenvalue weighted by Gasteiger charge is 2.15. The van der Waals surface area contributed by atoms with Gasteiger partial charge in [-0.15, -0.1) is 0 Å². The monoisotopic (exact) mass is 264 g/mol. The Bertz CT molecular complexity index is 378. The molecule has 0 saturated carbocycles. The van der Waals surface area contributed by atoms with Gasteiger partial charge in [0.05, 0.1) is 6.54 Å². The van der Waals surface area contributed by atoms with Gasteiger partial charge < -0.3 is 9.88 Å². The normalized spacial score (nSPS) is 16.6. The van der Waals surface area contributed by atoms with Crippen molar-refractivity contribution in [2.24, 2.45) is 0 Å². The molecule has 1 aromatic heterocycles. The number of unbranched alkanes of at least 4 members (excludes halogenated alkanes) is 2. The van der Waals surface area contributed by atoms with Crippen LogP contribution in [-0.2, 0) is 13.1 Å². The van der Waals surface area contributed by atoms with E-state index >= 15 is 0 Å². The Morgan fingerprint density at radius 2 is 2.05 bits per heavy atom. The molecule has 0 aliphatic carbocycles. The highest BCUT2D eigenvalue weighted by molar-refractivity contribution is 4.95. The van der Waals surface area contributed by atoms with Crippen LogP contribution in [0.1, 0.15) is 45.9 Å². The minimum absolute atomic E-state index is 0.254. The van der Waals surface area contributed by atoms with E-state index in [1.807, 2.05) is 6.20 Å². The summed E-state index contributed by atoms with van der Waals surface area (Å²) in [6, 6.07) is 0. The molecular formula is C15H28N4. The molecule has 2 rings (SSSR count). The second kappa shape index (κ2) is 6.53. The number of hydrogen-bond acceptors (Lipinski definition) is 3. The van der Waals surface area contributed by atoms with Crippen molar-refractivity contribution in [3.05, 3.63) is 18.2 Å². The maximum Gasteiger partial charge on any atom is 0.122 e. The van der Waals surface area contributed by atoms with Gasteiger partial charge in [0.15, 0.2) is 0 Å². The maximum absolute atomic E-state index is 4.40. The molecule has 0 radical (unpaired) electrons. The number of rotatable bonds is 6. The van der Waals surface area contributed by atoms with E-state index in [1.165, 1.54) is 38.2 Å². The van der Waals surface area contributed by atoms with Crippen molar-refractivity contribution in [2.45, 2.75) is 58.7 Å². The summed E-state index contributed by atoms with van der Waals surface area (Å²) < 4.78 is 2.27. The Morgan fingerprint density at radius 3 is 2.84 bits per heavy atom. The number of nitrogens with one attached hydrogen (secondary N) is 1. The van der Waals surface area contributed by atoms with E-state index < -0.39 is 0 Å². The van der Waals surface area contributed by atoms with Crippen LogP contribution < -0.4 is 5.32 Å². The van der Waals surface area contributed by atoms with Crippen LogP contribution in [-0.4, -0.2) is 39.6 Å². The standard InChI is InChI=1S/C15H28N4/c1-15(2,3)17-7-5-4-6-9-18-11-12-19-10-8-16-14(19)13-18/h8,10,17H,4-7,9,11-13H2,1-3H3. The van der Waals surface area contributed by atoms with Crippen molar-refractivity contribution in [3.8, 4) is 0 Å². The molecule has 2 heterocycles. The van der Waals surface area contributed by atoms with Crippen molar-refractivity contribution in [3.63, 3.8) is 0 Å². The van der Waals surface area contributed by atoms with Crippen molar-refractivity contribution in [2.75, 3.05) is 19.6 Å². The van der Waals surface area contributed by atoms with Crippen LogP contribution in [0.4, 0.5) is 0 Å². The first-order valence-electron chi connectivity index (χ1n) is 7.52. The molecule has 1 aromatic rings. The summed E-state index contributed by atoms with van der Waals surface area (Å²) in [5, 5.41) is 3.54. The molecular weight excluding hydrogens is 236 g/mol. The minimum Gasteiger partial charge on any atom is -0.333 e. The fourth-order valence-electron chi connectivity index (χ4n) is 2.51. The first-order chi connectivity index (χ1) is 9.04. The molecule has 19 heavy (non-hydrogen) atoms. The number of fused-ring (bicyclic) bond motifs is 1. The van der Waals surface area contributed by atoms with Crippen LogP contribution in [0, 0.1) is 0 Å². The summed E-state index contributed by atoms with van der Waals surface area (Å²) in [5.74, 6) is 1.22. The number of aromatic nitrogens is 2. The molecule has 0 fully saturated rings. The van der Waals surface area contributed by atoms with Crippen LogP contribution >= 0.6 is 0 Å². The van der Waals surface area contributed by atoms with Crippen molar-refractivity contribution in [1.29, 1.82) is 0 Å². The molecule has 0 amide bonds. The smallest absolute Gasteiger partial charge is 0.122 e. The van der Waals surface area contributed by atoms with Crippen LogP contribution in [0.5, 0.6) is 0 Å². The predicted octanol–water partition coefficient (Wildman–Crippen LogP) is 2.26. The summed E-state index contributed by atoms with van der Waals surface area (Å²) in [6.07, 6.45) is 7.89. The van der Waals surface area contributed by atoms with Gasteiger partial charge in [-0.2, -0.15) is 0 Å². The maximum atomic E-state index is 4.40. The van der Waals surface area contributed by atoms with Gasteiger partial charge in [0.1, 0.15) is 5.82 Å². The second-order valence-electron chi connectivity index (χ2n) is 6.55. The lowest BCUT2D eigenvalue weighted by molar-refractivity contribution is 0.212. The van der Waals surface area contributed by atoms with Gasteiger partial charge in [-0.25, -0.2) is 4.98 Å². The van der Waals surface area contributed by atoms with Crippen LogP contribution in [0.25, 0.3) is 0 Å². The van der Waals surface area contributed by atoms with E-state index in [1.54, 1.807) is 0 Å². The fraction of sp³-hybridized carbons (Fsp3) is 0.800. The number of hydrogen-bond donors (Lipinski definition) is 1. The predicted molar refractivity (Wildman–Crippen MR) is 79.1 cm³/mol. The molecule has 0 bridgehead atoms. The topological polar surface area (TPSA) is 33.1 Å². The first-order valence-corrected chi connectivity index (χ1v) is 7.52. The Morgan fingerprint density at radius 1 is 1.21 bits per heavy atom. The summed E-state index contributed by atoms with van der Waals surface area (Å²) in [4.78, 5) is 6.93. The molecule has 1 aliphatic rings. The molecule has 108 valence electrons. The summed E-state index contributed by atoms with van der Waals surface area (Å²) in [7, 11) is 0. The lowest BCUT2D eigenvalue weighted by Gasteiger charge is -2.27. The van der Waals surface area contributed by atoms with Crippen LogP contribution in [0.3, 0.4) is 0 Å². The molecule has 0 atom stereocenters. The number of nitrogens with zero attached hydrogens (tertiary/aromatic N) is 3. The highest BCUT2D eigenvalue weighted by Crippen LogP contribution is 2.11. The van der Waals surface area contributed by atoms with Gasteiger partial charge in [0, 0.05) is 31.0 Å². The summed E-state index contributed by atoms with van der Waals surface area (Å²) in [6.45, 7) is 12.3. The zero-order chi connectivity index (χ0) is 13.7. The zero-order valence-corrected chi connectivity index (χ0v) is 12.7. The third-order valence-electron chi connectivity index (χ3n) is 3.63.